The van der Waals surface area contributed by atoms with Gasteiger partial charge in [-0.25, -0.2) is 0 Å². The van der Waals surface area contributed by atoms with Gasteiger partial charge in [0.2, 0.25) is 0 Å². The zero-order chi connectivity index (χ0) is 18.8. The van der Waals surface area contributed by atoms with Crippen molar-refractivity contribution in [2.24, 2.45) is 0 Å². The first kappa shape index (κ1) is 18.7. The third kappa shape index (κ3) is 3.87. The van der Waals surface area contributed by atoms with Crippen LogP contribution in [0.2, 0.25) is 10.0 Å². The second kappa shape index (κ2) is 7.68. The fraction of sp³-hybridized carbons (Fsp3) is 0.300. The molecule has 2 amide bonds. The first-order valence-corrected chi connectivity index (χ1v) is 9.25. The monoisotopic (exact) mass is 390 g/mol. The zero-order valence-electron chi connectivity index (χ0n) is 14.7. The average Bonchev–Trinajstić information content (AvgIpc) is 2.62. The molecule has 0 bridgehead atoms. The van der Waals surface area contributed by atoms with Gasteiger partial charge in [-0.05, 0) is 50.2 Å². The van der Waals surface area contributed by atoms with Gasteiger partial charge in [0.1, 0.15) is 0 Å². The Morgan fingerprint density at radius 1 is 0.808 bits per heavy atom. The molecule has 0 N–H and O–H groups in total. The van der Waals surface area contributed by atoms with Gasteiger partial charge in [0.05, 0.1) is 0 Å². The topological polar surface area (TPSA) is 40.6 Å². The number of piperazine rings is 1. The van der Waals surface area contributed by atoms with Crippen molar-refractivity contribution >= 4 is 35.0 Å². The van der Waals surface area contributed by atoms with Gasteiger partial charge < -0.3 is 9.80 Å². The molecule has 0 radical (unpaired) electrons. The highest BCUT2D eigenvalue weighted by atomic mass is 35.5. The molecule has 1 heterocycles. The second-order valence-corrected chi connectivity index (χ2v) is 7.51. The number of hydrogen-bond donors (Lipinski definition) is 0. The predicted molar refractivity (Wildman–Crippen MR) is 104 cm³/mol. The number of carbonyl (C=O) groups is 2. The minimum absolute atomic E-state index is 0.0679. The van der Waals surface area contributed by atoms with Crippen molar-refractivity contribution in [3.63, 3.8) is 0 Å². The molecule has 0 aliphatic carbocycles. The summed E-state index contributed by atoms with van der Waals surface area (Å²) in [6, 6.07) is 13.7. The minimum Gasteiger partial charge on any atom is -0.332 e. The molecule has 136 valence electrons. The lowest BCUT2D eigenvalue weighted by Gasteiger charge is -2.44. The Labute approximate surface area is 163 Å². The lowest BCUT2D eigenvalue weighted by Crippen LogP contribution is -2.59. The van der Waals surface area contributed by atoms with Gasteiger partial charge in [-0.3, -0.25) is 9.59 Å². The molecular weight excluding hydrogens is 371 g/mol. The molecule has 1 fully saturated rings. The number of nitrogens with zero attached hydrogens (tertiary/aromatic N) is 2. The molecule has 1 aliphatic rings. The van der Waals surface area contributed by atoms with E-state index < -0.39 is 0 Å². The summed E-state index contributed by atoms with van der Waals surface area (Å²) in [7, 11) is 0. The van der Waals surface area contributed by atoms with Gasteiger partial charge in [-0.1, -0.05) is 35.3 Å². The average molecular weight is 391 g/mol. The van der Waals surface area contributed by atoms with Gasteiger partial charge in [0, 0.05) is 46.3 Å². The van der Waals surface area contributed by atoms with Crippen LogP contribution < -0.4 is 0 Å². The maximum absolute atomic E-state index is 12.8. The third-order valence-electron chi connectivity index (χ3n) is 4.65. The summed E-state index contributed by atoms with van der Waals surface area (Å²) in [6.45, 7) is 4.84. The fourth-order valence-electron chi connectivity index (χ4n) is 3.27. The van der Waals surface area contributed by atoms with Crippen LogP contribution in [0.5, 0.6) is 0 Å². The van der Waals surface area contributed by atoms with Crippen LogP contribution in [-0.4, -0.2) is 46.8 Å². The van der Waals surface area contributed by atoms with E-state index in [1.807, 2.05) is 13.8 Å². The summed E-state index contributed by atoms with van der Waals surface area (Å²) >= 11 is 12.0. The summed E-state index contributed by atoms with van der Waals surface area (Å²) in [5.74, 6) is -0.136. The van der Waals surface area contributed by atoms with Gasteiger partial charge in [0.15, 0.2) is 0 Å². The van der Waals surface area contributed by atoms with E-state index in [1.54, 1.807) is 58.3 Å². The van der Waals surface area contributed by atoms with E-state index in [4.69, 9.17) is 23.2 Å². The fourth-order valence-corrected chi connectivity index (χ4v) is 3.65. The highest BCUT2D eigenvalue weighted by Gasteiger charge is 2.35. The van der Waals surface area contributed by atoms with E-state index in [2.05, 4.69) is 0 Å². The van der Waals surface area contributed by atoms with Crippen LogP contribution in [0.3, 0.4) is 0 Å². The van der Waals surface area contributed by atoms with E-state index in [9.17, 15) is 9.59 Å². The number of amides is 2. The van der Waals surface area contributed by atoms with Crippen LogP contribution in [0.4, 0.5) is 0 Å². The van der Waals surface area contributed by atoms with Crippen LogP contribution in [0, 0.1) is 0 Å². The van der Waals surface area contributed by atoms with Gasteiger partial charge in [-0.15, -0.1) is 0 Å². The molecule has 0 aromatic heterocycles. The lowest BCUT2D eigenvalue weighted by atomic mass is 10.0. The molecule has 2 aromatic rings. The van der Waals surface area contributed by atoms with Crippen LogP contribution in [0.1, 0.15) is 34.6 Å². The number of halogens is 2. The number of hydrogen-bond acceptors (Lipinski definition) is 2. The smallest absolute Gasteiger partial charge is 0.254 e. The minimum atomic E-state index is -0.0965. The third-order valence-corrected chi connectivity index (χ3v) is 5.12. The molecule has 2 atom stereocenters. The molecule has 4 nitrogen and oxygen atoms in total. The maximum Gasteiger partial charge on any atom is 0.254 e. The Balaban J connectivity index is 1.77. The van der Waals surface area contributed by atoms with Crippen LogP contribution >= 0.6 is 23.2 Å². The van der Waals surface area contributed by atoms with Crippen LogP contribution in [0.25, 0.3) is 0 Å². The number of rotatable bonds is 2. The van der Waals surface area contributed by atoms with Gasteiger partial charge >= 0.3 is 0 Å². The lowest BCUT2D eigenvalue weighted by molar-refractivity contribution is 0.0270. The Hall–Kier alpha value is -2.04. The highest BCUT2D eigenvalue weighted by Crippen LogP contribution is 2.22. The second-order valence-electron chi connectivity index (χ2n) is 6.63. The van der Waals surface area contributed by atoms with Crippen molar-refractivity contribution in [3.05, 3.63) is 69.7 Å². The molecule has 1 aliphatic heterocycles. The van der Waals surface area contributed by atoms with Crippen molar-refractivity contribution in [1.29, 1.82) is 0 Å². The van der Waals surface area contributed by atoms with Crippen LogP contribution in [-0.2, 0) is 0 Å². The molecule has 2 aromatic carbocycles. The van der Waals surface area contributed by atoms with Gasteiger partial charge in [0.25, 0.3) is 11.8 Å². The van der Waals surface area contributed by atoms with Crippen molar-refractivity contribution in [2.45, 2.75) is 25.9 Å². The molecule has 0 spiro atoms. The molecule has 1 saturated heterocycles. The summed E-state index contributed by atoms with van der Waals surface area (Å²) in [5, 5.41) is 1.07. The van der Waals surface area contributed by atoms with E-state index >= 15 is 0 Å². The zero-order valence-corrected chi connectivity index (χ0v) is 16.2. The highest BCUT2D eigenvalue weighted by molar-refractivity contribution is 6.31. The first-order chi connectivity index (χ1) is 12.4. The number of carbonyl (C=O) groups excluding carboxylic acids is 2. The SMILES string of the molecule is CC1CN(C(=O)c2cccc(Cl)c2)C(C)CN1C(=O)c1cccc(Cl)c1. The van der Waals surface area contributed by atoms with Crippen LogP contribution in [0.15, 0.2) is 48.5 Å². The van der Waals surface area contributed by atoms with Gasteiger partial charge in [-0.2, -0.15) is 0 Å². The molecular formula is C20H20Cl2N2O2. The standard InChI is InChI=1S/C20H20Cl2N2O2/c1-13-11-24(20(26)16-6-4-8-18(22)10-16)14(2)12-23(13)19(25)15-5-3-7-17(21)9-15/h3-10,13-14H,11-12H2,1-2H3. The normalized spacial score (nSPS) is 20.2. The number of benzene rings is 2. The Morgan fingerprint density at radius 2 is 1.19 bits per heavy atom. The summed E-state index contributed by atoms with van der Waals surface area (Å²) < 4.78 is 0. The maximum atomic E-state index is 12.8. The van der Waals surface area contributed by atoms with Crippen molar-refractivity contribution in [3.8, 4) is 0 Å². The summed E-state index contributed by atoms with van der Waals surface area (Å²) in [6.07, 6.45) is 0. The molecule has 3 rings (SSSR count). The largest absolute Gasteiger partial charge is 0.332 e. The Bertz CT molecular complexity index is 771. The Kier molecular flexibility index (Phi) is 5.54. The molecule has 6 heteroatoms. The van der Waals surface area contributed by atoms with E-state index in [1.165, 1.54) is 0 Å². The van der Waals surface area contributed by atoms with Crippen molar-refractivity contribution in [1.82, 2.24) is 9.80 Å². The van der Waals surface area contributed by atoms with Crippen molar-refractivity contribution in [2.75, 3.05) is 13.1 Å². The van der Waals surface area contributed by atoms with Crippen molar-refractivity contribution < 1.29 is 9.59 Å². The Morgan fingerprint density at radius 3 is 1.54 bits per heavy atom. The molecule has 2 unspecified atom stereocenters. The van der Waals surface area contributed by atoms with E-state index in [0.717, 1.165) is 0 Å². The predicted octanol–water partition coefficient (Wildman–Crippen LogP) is 4.37. The van der Waals surface area contributed by atoms with E-state index in [-0.39, 0.29) is 23.9 Å². The molecule has 26 heavy (non-hydrogen) atoms. The first-order valence-electron chi connectivity index (χ1n) is 8.50. The molecule has 0 saturated carbocycles. The quantitative estimate of drug-likeness (QED) is 0.763. The summed E-state index contributed by atoms with van der Waals surface area (Å²) in [5.41, 5.74) is 1.12. The van der Waals surface area contributed by atoms with E-state index in [0.29, 0.717) is 34.3 Å². The summed E-state index contributed by atoms with van der Waals surface area (Å²) in [4.78, 5) is 29.3.